The molecule has 0 aliphatic rings. The van der Waals surface area contributed by atoms with Gasteiger partial charge in [0.1, 0.15) is 13.2 Å². The largest absolute Gasteiger partial charge is 0.756 e. The fraction of sp³-hybridized carbons (Fsp3) is 0.789. The van der Waals surface area contributed by atoms with Gasteiger partial charge in [-0.2, -0.15) is 0 Å². The zero-order chi connectivity index (χ0) is 26.7. The first-order chi connectivity index (χ1) is 16.4. The molecule has 3 N–H and O–H groups in total. The van der Waals surface area contributed by atoms with Crippen molar-refractivity contribution in [2.24, 2.45) is 0 Å². The van der Waals surface area contributed by atoms with Gasteiger partial charge in [-0.05, 0) is 0 Å². The average molecular weight is 528 g/mol. The van der Waals surface area contributed by atoms with Crippen LogP contribution in [0.15, 0.2) is 0 Å². The Bertz CT molecular complexity index is 707. The van der Waals surface area contributed by atoms with Crippen LogP contribution in [0.3, 0.4) is 0 Å². The van der Waals surface area contributed by atoms with Gasteiger partial charge in [0.15, 0.2) is 6.10 Å². The molecule has 0 aromatic rings. The van der Waals surface area contributed by atoms with E-state index in [9.17, 15) is 28.6 Å². The van der Waals surface area contributed by atoms with Gasteiger partial charge in [0.05, 0.1) is 33.0 Å². The van der Waals surface area contributed by atoms with Crippen molar-refractivity contribution in [2.45, 2.75) is 39.8 Å². The highest BCUT2D eigenvalue weighted by Crippen LogP contribution is 2.38. The molecule has 15 nitrogen and oxygen atoms in total. The maximum absolute atomic E-state index is 11.8. The van der Waals surface area contributed by atoms with E-state index in [4.69, 9.17) is 14.2 Å². The monoisotopic (exact) mass is 528 g/mol. The van der Waals surface area contributed by atoms with E-state index in [0.717, 1.165) is 13.8 Å². The Balaban J connectivity index is 3.88. The van der Waals surface area contributed by atoms with Crippen LogP contribution < -0.4 is 20.8 Å². The normalized spacial score (nSPS) is 13.4. The van der Waals surface area contributed by atoms with E-state index in [0.29, 0.717) is 6.54 Å². The van der Waals surface area contributed by atoms with E-state index >= 15 is 0 Å². The fourth-order valence-electron chi connectivity index (χ4n) is 2.05. The zero-order valence-corrected chi connectivity index (χ0v) is 21.3. The summed E-state index contributed by atoms with van der Waals surface area (Å²) in [6.07, 6.45) is -1.96. The van der Waals surface area contributed by atoms with Gasteiger partial charge >= 0.3 is 18.0 Å². The Kier molecular flexibility index (Phi) is 17.7. The van der Waals surface area contributed by atoms with E-state index in [1.807, 2.05) is 13.8 Å². The van der Waals surface area contributed by atoms with Crippen molar-refractivity contribution in [3.8, 4) is 0 Å². The van der Waals surface area contributed by atoms with Crippen LogP contribution in [0.2, 0.25) is 0 Å². The summed E-state index contributed by atoms with van der Waals surface area (Å²) in [6.45, 7) is 5.23. The molecular weight excluding hydrogens is 493 g/mol. The molecule has 0 spiro atoms. The summed E-state index contributed by atoms with van der Waals surface area (Å²) in [6, 6.07) is 0.205. The van der Waals surface area contributed by atoms with Gasteiger partial charge in [0.2, 0.25) is 5.91 Å². The van der Waals surface area contributed by atoms with Crippen LogP contribution in [0, 0.1) is 0 Å². The first kappa shape index (κ1) is 32.7. The molecule has 16 heteroatoms. The number of nitrogens with one attached hydrogen (secondary N) is 3. The van der Waals surface area contributed by atoms with Crippen molar-refractivity contribution < 1.29 is 56.6 Å². The molecule has 0 heterocycles. The molecule has 2 amide bonds. The lowest BCUT2D eigenvalue weighted by Crippen LogP contribution is -2.38. The standard InChI is InChI=1S/C19H36N3O12P/c1-14(2)22-11-18(25)20-5-7-29-9-10-30-19(26)21-6-8-32-35(27,28)33-13-17(34-16(4)24)12-31-15(3)23/h14,17,22H,5-13H2,1-4H3,(H,20,25)(H,21,26)(H,27,28)/p-1/t17-/m1/s1. The fourth-order valence-corrected chi connectivity index (χ4v) is 2.79. The number of carbonyl (C=O) groups is 4. The van der Waals surface area contributed by atoms with E-state index in [1.54, 1.807) is 0 Å². The highest BCUT2D eigenvalue weighted by Gasteiger charge is 2.19. The number of amides is 2. The van der Waals surface area contributed by atoms with Gasteiger partial charge in [-0.1, -0.05) is 13.8 Å². The molecule has 0 bridgehead atoms. The summed E-state index contributed by atoms with van der Waals surface area (Å²) < 4.78 is 40.4. The van der Waals surface area contributed by atoms with E-state index in [2.05, 4.69) is 29.7 Å². The molecule has 0 radical (unpaired) electrons. The summed E-state index contributed by atoms with van der Waals surface area (Å²) in [5.74, 6) is -1.52. The quantitative estimate of drug-likeness (QED) is 0.0785. The minimum absolute atomic E-state index is 0.0570. The van der Waals surface area contributed by atoms with Gasteiger partial charge < -0.3 is 48.8 Å². The topological polar surface area (TPSA) is 200 Å². The van der Waals surface area contributed by atoms with E-state index in [-0.39, 0.29) is 44.9 Å². The molecule has 1 unspecified atom stereocenters. The predicted octanol–water partition coefficient (Wildman–Crippen LogP) is -1.16. The lowest BCUT2D eigenvalue weighted by Gasteiger charge is -2.25. The summed E-state index contributed by atoms with van der Waals surface area (Å²) in [5, 5.41) is 7.90. The van der Waals surface area contributed by atoms with Crippen molar-refractivity contribution in [1.29, 1.82) is 0 Å². The van der Waals surface area contributed by atoms with Crippen LogP contribution in [-0.2, 0) is 46.9 Å². The minimum Gasteiger partial charge on any atom is -0.756 e. The molecule has 0 aromatic heterocycles. The molecule has 0 rings (SSSR count). The molecule has 0 aliphatic carbocycles. The van der Waals surface area contributed by atoms with Gasteiger partial charge in [0.25, 0.3) is 7.82 Å². The number of rotatable bonds is 19. The number of carbonyl (C=O) groups excluding carboxylic acids is 4. The molecule has 0 saturated heterocycles. The first-order valence-electron chi connectivity index (χ1n) is 10.8. The highest BCUT2D eigenvalue weighted by molar-refractivity contribution is 7.45. The first-order valence-corrected chi connectivity index (χ1v) is 12.3. The molecule has 35 heavy (non-hydrogen) atoms. The van der Waals surface area contributed by atoms with Crippen LogP contribution in [-0.4, -0.2) is 95.4 Å². The molecule has 0 aliphatic heterocycles. The van der Waals surface area contributed by atoms with E-state index in [1.165, 1.54) is 0 Å². The van der Waals surface area contributed by atoms with Crippen LogP contribution in [0.5, 0.6) is 0 Å². The molecule has 0 fully saturated rings. The third-order valence-electron chi connectivity index (χ3n) is 3.54. The molecule has 2 atom stereocenters. The Hall–Kier alpha value is -2.29. The lowest BCUT2D eigenvalue weighted by atomic mass is 10.4. The summed E-state index contributed by atoms with van der Waals surface area (Å²) in [5.41, 5.74) is 0. The zero-order valence-electron chi connectivity index (χ0n) is 20.4. The van der Waals surface area contributed by atoms with Crippen molar-refractivity contribution in [3.63, 3.8) is 0 Å². The lowest BCUT2D eigenvalue weighted by molar-refractivity contribution is -0.228. The second kappa shape index (κ2) is 19.0. The number of phosphoric ester groups is 1. The highest BCUT2D eigenvalue weighted by atomic mass is 31.2. The van der Waals surface area contributed by atoms with Crippen molar-refractivity contribution in [1.82, 2.24) is 16.0 Å². The maximum Gasteiger partial charge on any atom is 0.407 e. The third kappa shape index (κ3) is 21.9. The van der Waals surface area contributed by atoms with Gasteiger partial charge in [-0.15, -0.1) is 0 Å². The number of esters is 2. The van der Waals surface area contributed by atoms with Crippen molar-refractivity contribution in [2.75, 3.05) is 59.3 Å². The SMILES string of the molecule is CC(=O)OC[C@H](COP(=O)([O-])OCCNC(=O)OCCOCCNC(=O)CNC(C)C)OC(C)=O. The summed E-state index contributed by atoms with van der Waals surface area (Å²) in [4.78, 5) is 56.6. The molecular formula is C19H35N3O12P-. The number of phosphoric acid groups is 1. The van der Waals surface area contributed by atoms with Crippen LogP contribution in [0.1, 0.15) is 27.7 Å². The second-order valence-electron chi connectivity index (χ2n) is 7.17. The van der Waals surface area contributed by atoms with Gasteiger partial charge in [-0.3, -0.25) is 18.9 Å². The number of hydrogen-bond donors (Lipinski definition) is 3. The second-order valence-corrected chi connectivity index (χ2v) is 8.58. The molecule has 0 aromatic carbocycles. The van der Waals surface area contributed by atoms with Crippen molar-refractivity contribution >= 4 is 31.8 Å². The predicted molar refractivity (Wildman–Crippen MR) is 118 cm³/mol. The minimum atomic E-state index is -4.78. The Morgan fingerprint density at radius 2 is 1.54 bits per heavy atom. The Labute approximate surface area is 204 Å². The number of ether oxygens (including phenoxy) is 4. The van der Waals surface area contributed by atoms with Crippen molar-refractivity contribution in [3.05, 3.63) is 0 Å². The third-order valence-corrected chi connectivity index (χ3v) is 4.51. The smallest absolute Gasteiger partial charge is 0.407 e. The van der Waals surface area contributed by atoms with Crippen LogP contribution in [0.25, 0.3) is 0 Å². The molecule has 0 saturated carbocycles. The van der Waals surface area contributed by atoms with Gasteiger partial charge in [-0.25, -0.2) is 4.79 Å². The Morgan fingerprint density at radius 1 is 0.857 bits per heavy atom. The summed E-state index contributed by atoms with van der Waals surface area (Å²) in [7, 11) is -4.78. The van der Waals surface area contributed by atoms with Crippen LogP contribution >= 0.6 is 7.82 Å². The summed E-state index contributed by atoms with van der Waals surface area (Å²) >= 11 is 0. The van der Waals surface area contributed by atoms with Crippen LogP contribution in [0.4, 0.5) is 4.79 Å². The molecule has 204 valence electrons. The maximum atomic E-state index is 11.8. The number of alkyl carbamates (subject to hydrolysis) is 1. The Morgan fingerprint density at radius 3 is 2.17 bits per heavy atom. The number of hydrogen-bond acceptors (Lipinski definition) is 13. The van der Waals surface area contributed by atoms with E-state index < -0.39 is 51.8 Å². The average Bonchev–Trinajstić information content (AvgIpc) is 2.76. The van der Waals surface area contributed by atoms with Gasteiger partial charge in [0, 0.05) is 33.0 Å².